The highest BCUT2D eigenvalue weighted by molar-refractivity contribution is 5.85. The Balaban J connectivity index is 1.67. The number of halogens is 2. The van der Waals surface area contributed by atoms with Crippen molar-refractivity contribution in [2.75, 3.05) is 0 Å². The van der Waals surface area contributed by atoms with E-state index in [0.29, 0.717) is 0 Å². The van der Waals surface area contributed by atoms with Crippen molar-refractivity contribution in [1.82, 2.24) is 5.32 Å². The molecule has 0 aliphatic rings. The Morgan fingerprint density at radius 3 is 2.00 bits per heavy atom. The van der Waals surface area contributed by atoms with Crippen LogP contribution in [0.1, 0.15) is 11.1 Å². The van der Waals surface area contributed by atoms with Crippen molar-refractivity contribution in [1.29, 1.82) is 0 Å². The number of aliphatic carboxylic acids is 1. The number of hydrogen-bond acceptors (Lipinski definition) is 2. The van der Waals surface area contributed by atoms with Gasteiger partial charge in [-0.3, -0.25) is 4.79 Å². The molecule has 0 heterocycles. The number of amides is 1. The van der Waals surface area contributed by atoms with E-state index in [9.17, 15) is 23.5 Å². The molecule has 1 amide bonds. The van der Waals surface area contributed by atoms with E-state index in [2.05, 4.69) is 5.32 Å². The fourth-order valence-electron chi connectivity index (χ4n) is 3.01. The first-order valence-corrected chi connectivity index (χ1v) is 9.03. The van der Waals surface area contributed by atoms with Gasteiger partial charge in [-0.25, -0.2) is 13.6 Å². The molecule has 0 aliphatic heterocycles. The summed E-state index contributed by atoms with van der Waals surface area (Å²) in [7, 11) is 0. The van der Waals surface area contributed by atoms with Gasteiger partial charge in [-0.05, 0) is 28.8 Å². The lowest BCUT2D eigenvalue weighted by Gasteiger charge is -2.15. The molecule has 29 heavy (non-hydrogen) atoms. The zero-order valence-electron chi connectivity index (χ0n) is 15.4. The van der Waals surface area contributed by atoms with E-state index >= 15 is 0 Å². The van der Waals surface area contributed by atoms with Crippen molar-refractivity contribution in [2.45, 2.75) is 18.9 Å². The van der Waals surface area contributed by atoms with Crippen molar-refractivity contribution >= 4 is 11.9 Å². The smallest absolute Gasteiger partial charge is 0.326 e. The van der Waals surface area contributed by atoms with Crippen molar-refractivity contribution in [2.24, 2.45) is 0 Å². The van der Waals surface area contributed by atoms with E-state index in [0.717, 1.165) is 28.8 Å². The van der Waals surface area contributed by atoms with Crippen LogP contribution >= 0.6 is 0 Å². The molecule has 0 saturated carbocycles. The molecule has 3 aromatic carbocycles. The van der Waals surface area contributed by atoms with Gasteiger partial charge in [0, 0.05) is 12.0 Å². The highest BCUT2D eigenvalue weighted by Crippen LogP contribution is 2.20. The first kappa shape index (κ1) is 20.2. The Labute approximate surface area is 166 Å². The second kappa shape index (κ2) is 9.10. The molecule has 0 aromatic heterocycles. The van der Waals surface area contributed by atoms with Crippen molar-refractivity contribution in [3.63, 3.8) is 0 Å². The Morgan fingerprint density at radius 2 is 1.41 bits per heavy atom. The largest absolute Gasteiger partial charge is 0.480 e. The zero-order valence-corrected chi connectivity index (χ0v) is 15.4. The van der Waals surface area contributed by atoms with Gasteiger partial charge in [-0.2, -0.15) is 0 Å². The van der Waals surface area contributed by atoms with Gasteiger partial charge in [0.2, 0.25) is 5.91 Å². The average molecular weight is 395 g/mol. The predicted octanol–water partition coefficient (Wildman–Crippen LogP) is 3.99. The third kappa shape index (κ3) is 5.25. The van der Waals surface area contributed by atoms with Crippen LogP contribution in [0.2, 0.25) is 0 Å². The monoisotopic (exact) mass is 395 g/mol. The molecule has 1 atom stereocenters. The molecule has 3 aromatic rings. The summed E-state index contributed by atoms with van der Waals surface area (Å²) < 4.78 is 27.4. The van der Waals surface area contributed by atoms with Crippen LogP contribution in [0.5, 0.6) is 0 Å². The summed E-state index contributed by atoms with van der Waals surface area (Å²) in [5, 5.41) is 11.8. The Morgan fingerprint density at radius 1 is 0.828 bits per heavy atom. The fraction of sp³-hybridized carbons (Fsp3) is 0.130. The quantitative estimate of drug-likeness (QED) is 0.636. The molecule has 0 unspecified atom stereocenters. The van der Waals surface area contributed by atoms with Gasteiger partial charge in [0.15, 0.2) is 0 Å². The van der Waals surface area contributed by atoms with Crippen LogP contribution in [0.4, 0.5) is 8.78 Å². The molecule has 0 saturated heterocycles. The normalized spacial score (nSPS) is 11.7. The number of rotatable bonds is 7. The standard InChI is InChI=1S/C23H19F2NO3/c24-19-7-4-8-20(25)18(19)14-22(27)26-21(23(28)29)13-15-9-11-17(12-10-15)16-5-2-1-3-6-16/h1-12,21H,13-14H2,(H,26,27)(H,28,29)/t21-/m1/s1. The minimum absolute atomic E-state index is 0.0515. The summed E-state index contributed by atoms with van der Waals surface area (Å²) in [4.78, 5) is 23.7. The maximum atomic E-state index is 13.7. The van der Waals surface area contributed by atoms with Gasteiger partial charge in [-0.1, -0.05) is 60.7 Å². The SMILES string of the molecule is O=C(Cc1c(F)cccc1F)N[C@H](Cc1ccc(-c2ccccc2)cc1)C(=O)O. The van der Waals surface area contributed by atoms with E-state index in [4.69, 9.17) is 0 Å². The van der Waals surface area contributed by atoms with E-state index in [-0.39, 0.29) is 12.0 Å². The molecule has 0 spiro atoms. The average Bonchev–Trinajstić information content (AvgIpc) is 2.71. The molecule has 0 radical (unpaired) electrons. The van der Waals surface area contributed by atoms with Crippen LogP contribution in [0, 0.1) is 11.6 Å². The van der Waals surface area contributed by atoms with Crippen LogP contribution in [-0.4, -0.2) is 23.0 Å². The second-order valence-electron chi connectivity index (χ2n) is 6.60. The third-order valence-electron chi connectivity index (χ3n) is 4.53. The summed E-state index contributed by atoms with van der Waals surface area (Å²) in [6.45, 7) is 0. The molecule has 0 aliphatic carbocycles. The summed E-state index contributed by atoms with van der Waals surface area (Å²) in [6.07, 6.45) is -0.523. The van der Waals surface area contributed by atoms with E-state index in [1.165, 1.54) is 6.07 Å². The summed E-state index contributed by atoms with van der Waals surface area (Å²) in [5.41, 5.74) is 2.35. The van der Waals surface area contributed by atoms with Crippen LogP contribution in [0.25, 0.3) is 11.1 Å². The van der Waals surface area contributed by atoms with Crippen LogP contribution < -0.4 is 5.32 Å². The van der Waals surface area contributed by atoms with Gasteiger partial charge >= 0.3 is 5.97 Å². The number of carboxylic acid groups (broad SMARTS) is 1. The maximum absolute atomic E-state index is 13.7. The molecule has 0 fully saturated rings. The third-order valence-corrected chi connectivity index (χ3v) is 4.53. The minimum Gasteiger partial charge on any atom is -0.480 e. The van der Waals surface area contributed by atoms with E-state index < -0.39 is 36.0 Å². The first-order valence-electron chi connectivity index (χ1n) is 9.03. The lowest BCUT2D eigenvalue weighted by atomic mass is 10.0. The number of carbonyl (C=O) groups excluding carboxylic acids is 1. The highest BCUT2D eigenvalue weighted by atomic mass is 19.1. The van der Waals surface area contributed by atoms with Gasteiger partial charge < -0.3 is 10.4 Å². The topological polar surface area (TPSA) is 66.4 Å². The second-order valence-corrected chi connectivity index (χ2v) is 6.60. The Hall–Kier alpha value is -3.54. The molecular formula is C23H19F2NO3. The molecular weight excluding hydrogens is 376 g/mol. The summed E-state index contributed by atoms with van der Waals surface area (Å²) in [6, 6.07) is 19.1. The Kier molecular flexibility index (Phi) is 6.34. The van der Waals surface area contributed by atoms with Gasteiger partial charge in [0.25, 0.3) is 0 Å². The van der Waals surface area contributed by atoms with Crippen LogP contribution in [0.15, 0.2) is 72.8 Å². The van der Waals surface area contributed by atoms with Gasteiger partial charge in [0.05, 0.1) is 6.42 Å². The van der Waals surface area contributed by atoms with E-state index in [1.807, 2.05) is 42.5 Å². The number of nitrogens with one attached hydrogen (secondary N) is 1. The lowest BCUT2D eigenvalue weighted by Crippen LogP contribution is -2.43. The predicted molar refractivity (Wildman–Crippen MR) is 105 cm³/mol. The van der Waals surface area contributed by atoms with Gasteiger partial charge in [-0.15, -0.1) is 0 Å². The molecule has 2 N–H and O–H groups in total. The van der Waals surface area contributed by atoms with E-state index in [1.54, 1.807) is 12.1 Å². The van der Waals surface area contributed by atoms with Crippen molar-refractivity contribution in [3.8, 4) is 11.1 Å². The molecule has 4 nitrogen and oxygen atoms in total. The Bertz CT molecular complexity index is 984. The minimum atomic E-state index is -1.22. The number of benzene rings is 3. The lowest BCUT2D eigenvalue weighted by molar-refractivity contribution is -0.141. The molecule has 6 heteroatoms. The van der Waals surface area contributed by atoms with Crippen molar-refractivity contribution in [3.05, 3.63) is 95.6 Å². The van der Waals surface area contributed by atoms with Crippen LogP contribution in [0.3, 0.4) is 0 Å². The molecule has 148 valence electrons. The van der Waals surface area contributed by atoms with Crippen LogP contribution in [-0.2, 0) is 22.4 Å². The van der Waals surface area contributed by atoms with Gasteiger partial charge in [0.1, 0.15) is 17.7 Å². The van der Waals surface area contributed by atoms with Crippen molar-refractivity contribution < 1.29 is 23.5 Å². The first-order chi connectivity index (χ1) is 13.9. The number of carbonyl (C=O) groups is 2. The summed E-state index contributed by atoms with van der Waals surface area (Å²) >= 11 is 0. The molecule has 3 rings (SSSR count). The number of hydrogen-bond donors (Lipinski definition) is 2. The zero-order chi connectivity index (χ0) is 20.8. The number of carboxylic acids is 1. The maximum Gasteiger partial charge on any atom is 0.326 e. The summed E-state index contributed by atoms with van der Waals surface area (Å²) in [5.74, 6) is -3.67. The highest BCUT2D eigenvalue weighted by Gasteiger charge is 2.22. The fourth-order valence-corrected chi connectivity index (χ4v) is 3.01. The molecule has 0 bridgehead atoms.